The molecule has 2 rings (SSSR count). The van der Waals surface area contributed by atoms with E-state index in [1.165, 1.54) is 6.20 Å². The number of rotatable bonds is 6. The molecular weight excluding hydrogens is 288 g/mol. The Bertz CT molecular complexity index is 707. The SMILES string of the molecule is Cc1ncc(S(=O)(=O)NCc2ccccc2CN(C)C)[nH]1. The summed E-state index contributed by atoms with van der Waals surface area (Å²) in [7, 11) is 0.396. The molecule has 0 aliphatic carbocycles. The van der Waals surface area contributed by atoms with E-state index in [2.05, 4.69) is 14.7 Å². The van der Waals surface area contributed by atoms with E-state index in [0.29, 0.717) is 5.82 Å². The number of imidazole rings is 1. The molecule has 7 heteroatoms. The molecule has 0 bridgehead atoms. The van der Waals surface area contributed by atoms with Crippen molar-refractivity contribution in [2.24, 2.45) is 0 Å². The first-order chi connectivity index (χ1) is 9.88. The lowest BCUT2D eigenvalue weighted by molar-refractivity contribution is 0.400. The first-order valence-electron chi connectivity index (χ1n) is 6.61. The number of sulfonamides is 1. The summed E-state index contributed by atoms with van der Waals surface area (Å²) in [6.45, 7) is 2.73. The van der Waals surface area contributed by atoms with Gasteiger partial charge in [-0.05, 0) is 32.1 Å². The van der Waals surface area contributed by atoms with Gasteiger partial charge in [-0.3, -0.25) is 0 Å². The summed E-state index contributed by atoms with van der Waals surface area (Å²) in [5, 5.41) is 0.0880. The largest absolute Gasteiger partial charge is 0.332 e. The molecule has 0 atom stereocenters. The molecule has 2 aromatic rings. The molecule has 0 saturated carbocycles. The van der Waals surface area contributed by atoms with Crippen LogP contribution in [-0.4, -0.2) is 37.4 Å². The third-order valence-electron chi connectivity index (χ3n) is 3.03. The molecule has 21 heavy (non-hydrogen) atoms. The van der Waals surface area contributed by atoms with Gasteiger partial charge in [-0.15, -0.1) is 0 Å². The second kappa shape index (κ2) is 6.38. The quantitative estimate of drug-likeness (QED) is 0.842. The molecule has 0 unspecified atom stereocenters. The van der Waals surface area contributed by atoms with Crippen LogP contribution in [0.3, 0.4) is 0 Å². The number of aromatic nitrogens is 2. The minimum atomic E-state index is -3.56. The summed E-state index contributed by atoms with van der Waals surface area (Å²) in [4.78, 5) is 8.69. The second-order valence-electron chi connectivity index (χ2n) is 5.16. The lowest BCUT2D eigenvalue weighted by Crippen LogP contribution is -2.24. The third-order valence-corrected chi connectivity index (χ3v) is 4.34. The van der Waals surface area contributed by atoms with E-state index in [-0.39, 0.29) is 11.6 Å². The monoisotopic (exact) mass is 308 g/mol. The van der Waals surface area contributed by atoms with Crippen LogP contribution < -0.4 is 4.72 Å². The Morgan fingerprint density at radius 3 is 2.48 bits per heavy atom. The smallest absolute Gasteiger partial charge is 0.257 e. The average molecular weight is 308 g/mol. The molecule has 0 saturated heterocycles. The molecule has 0 radical (unpaired) electrons. The van der Waals surface area contributed by atoms with Gasteiger partial charge in [0.2, 0.25) is 0 Å². The van der Waals surface area contributed by atoms with Crippen molar-refractivity contribution in [3.63, 3.8) is 0 Å². The minimum Gasteiger partial charge on any atom is -0.332 e. The van der Waals surface area contributed by atoms with Gasteiger partial charge in [-0.2, -0.15) is 0 Å². The highest BCUT2D eigenvalue weighted by atomic mass is 32.2. The predicted molar refractivity (Wildman–Crippen MR) is 81.2 cm³/mol. The number of nitrogens with zero attached hydrogens (tertiary/aromatic N) is 2. The highest BCUT2D eigenvalue weighted by Crippen LogP contribution is 2.12. The van der Waals surface area contributed by atoms with Crippen LogP contribution in [0.1, 0.15) is 17.0 Å². The maximum absolute atomic E-state index is 12.2. The number of hydrogen-bond donors (Lipinski definition) is 2. The zero-order chi connectivity index (χ0) is 15.5. The van der Waals surface area contributed by atoms with E-state index in [0.717, 1.165) is 17.7 Å². The van der Waals surface area contributed by atoms with E-state index in [4.69, 9.17) is 0 Å². The molecule has 0 aliphatic rings. The van der Waals surface area contributed by atoms with E-state index in [1.54, 1.807) is 6.92 Å². The standard InChI is InChI=1S/C14H20N4O2S/c1-11-15-9-14(17-11)21(19,20)16-8-12-6-4-5-7-13(12)10-18(2)3/h4-7,9,16H,8,10H2,1-3H3,(H,15,17). The third kappa shape index (κ3) is 4.13. The van der Waals surface area contributed by atoms with Crippen LogP contribution in [0.2, 0.25) is 0 Å². The van der Waals surface area contributed by atoms with Crippen molar-refractivity contribution in [2.75, 3.05) is 14.1 Å². The first kappa shape index (κ1) is 15.7. The molecule has 0 fully saturated rings. The molecule has 114 valence electrons. The Kier molecular flexibility index (Phi) is 4.76. The van der Waals surface area contributed by atoms with Gasteiger partial charge in [0.1, 0.15) is 5.82 Å². The summed E-state index contributed by atoms with van der Waals surface area (Å²) in [6.07, 6.45) is 1.32. The van der Waals surface area contributed by atoms with E-state index < -0.39 is 10.0 Å². The van der Waals surface area contributed by atoms with Crippen LogP contribution in [-0.2, 0) is 23.1 Å². The van der Waals surface area contributed by atoms with Gasteiger partial charge in [0, 0.05) is 13.1 Å². The maximum Gasteiger partial charge on any atom is 0.257 e. The van der Waals surface area contributed by atoms with E-state index in [1.807, 2.05) is 43.3 Å². The van der Waals surface area contributed by atoms with Crippen molar-refractivity contribution in [3.05, 3.63) is 47.4 Å². The number of aromatic amines is 1. The van der Waals surface area contributed by atoms with Crippen LogP contribution in [0.5, 0.6) is 0 Å². The van der Waals surface area contributed by atoms with Crippen LogP contribution >= 0.6 is 0 Å². The van der Waals surface area contributed by atoms with Crippen LogP contribution in [0, 0.1) is 6.92 Å². The van der Waals surface area contributed by atoms with Crippen molar-refractivity contribution in [3.8, 4) is 0 Å². The summed E-state index contributed by atoms with van der Waals surface area (Å²) >= 11 is 0. The van der Waals surface area contributed by atoms with E-state index in [9.17, 15) is 8.42 Å². The van der Waals surface area contributed by atoms with Crippen molar-refractivity contribution in [1.29, 1.82) is 0 Å². The Morgan fingerprint density at radius 2 is 1.90 bits per heavy atom. The van der Waals surface area contributed by atoms with Gasteiger partial charge < -0.3 is 9.88 Å². The normalized spacial score (nSPS) is 12.0. The topological polar surface area (TPSA) is 78.1 Å². The molecule has 0 spiro atoms. The molecule has 0 aliphatic heterocycles. The molecule has 1 aromatic carbocycles. The van der Waals surface area contributed by atoms with Gasteiger partial charge in [0.25, 0.3) is 10.0 Å². The number of H-pyrrole nitrogens is 1. The summed E-state index contributed by atoms with van der Waals surface area (Å²) in [5.74, 6) is 0.573. The van der Waals surface area contributed by atoms with Gasteiger partial charge >= 0.3 is 0 Å². The number of hydrogen-bond acceptors (Lipinski definition) is 4. The lowest BCUT2D eigenvalue weighted by atomic mass is 10.1. The maximum atomic E-state index is 12.2. The van der Waals surface area contributed by atoms with Crippen LogP contribution in [0.15, 0.2) is 35.5 Å². The summed E-state index contributed by atoms with van der Waals surface area (Å²) in [5.41, 5.74) is 2.07. The fraction of sp³-hybridized carbons (Fsp3) is 0.357. The molecule has 1 aromatic heterocycles. The van der Waals surface area contributed by atoms with Crippen LogP contribution in [0.25, 0.3) is 0 Å². The fourth-order valence-electron chi connectivity index (χ4n) is 2.01. The van der Waals surface area contributed by atoms with Gasteiger partial charge in [0.15, 0.2) is 5.03 Å². The zero-order valence-electron chi connectivity index (χ0n) is 12.4. The van der Waals surface area contributed by atoms with Crippen LogP contribution in [0.4, 0.5) is 0 Å². The molecular formula is C14H20N4O2S. The van der Waals surface area contributed by atoms with Crippen molar-refractivity contribution in [1.82, 2.24) is 19.6 Å². The average Bonchev–Trinajstić information content (AvgIpc) is 2.85. The summed E-state index contributed by atoms with van der Waals surface area (Å²) < 4.78 is 26.9. The van der Waals surface area contributed by atoms with Crippen molar-refractivity contribution >= 4 is 10.0 Å². The highest BCUT2D eigenvalue weighted by molar-refractivity contribution is 7.89. The molecule has 6 nitrogen and oxygen atoms in total. The molecule has 0 amide bonds. The minimum absolute atomic E-state index is 0.0880. The van der Waals surface area contributed by atoms with Gasteiger partial charge in [0.05, 0.1) is 6.20 Å². The Hall–Kier alpha value is -1.70. The zero-order valence-corrected chi connectivity index (χ0v) is 13.2. The molecule has 1 heterocycles. The van der Waals surface area contributed by atoms with Gasteiger partial charge in [-0.1, -0.05) is 24.3 Å². The lowest BCUT2D eigenvalue weighted by Gasteiger charge is -2.14. The predicted octanol–water partition coefficient (Wildman–Crippen LogP) is 1.26. The van der Waals surface area contributed by atoms with Gasteiger partial charge in [-0.25, -0.2) is 18.1 Å². The Labute approximate surface area is 125 Å². The fourth-order valence-corrected chi connectivity index (χ4v) is 2.98. The second-order valence-corrected chi connectivity index (χ2v) is 6.90. The van der Waals surface area contributed by atoms with Crippen molar-refractivity contribution in [2.45, 2.75) is 25.0 Å². The summed E-state index contributed by atoms with van der Waals surface area (Å²) in [6, 6.07) is 7.79. The Balaban J connectivity index is 2.13. The number of aryl methyl sites for hydroxylation is 1. The van der Waals surface area contributed by atoms with E-state index >= 15 is 0 Å². The first-order valence-corrected chi connectivity index (χ1v) is 8.09. The number of benzene rings is 1. The Morgan fingerprint density at radius 1 is 1.24 bits per heavy atom. The highest BCUT2D eigenvalue weighted by Gasteiger charge is 2.16. The van der Waals surface area contributed by atoms with Crippen molar-refractivity contribution < 1.29 is 8.42 Å². The molecule has 2 N–H and O–H groups in total. The number of nitrogens with one attached hydrogen (secondary N) is 2.